The van der Waals surface area contributed by atoms with Crippen LogP contribution in [-0.2, 0) is 19.5 Å². The van der Waals surface area contributed by atoms with E-state index in [0.29, 0.717) is 6.54 Å². The summed E-state index contributed by atoms with van der Waals surface area (Å²) in [6.07, 6.45) is 4.71. The van der Waals surface area contributed by atoms with Crippen molar-refractivity contribution in [3.8, 4) is 5.75 Å². The highest BCUT2D eigenvalue weighted by atomic mass is 16.5. The van der Waals surface area contributed by atoms with Gasteiger partial charge in [-0.3, -0.25) is 0 Å². The average Bonchev–Trinajstić information content (AvgIpc) is 3.02. The van der Waals surface area contributed by atoms with Gasteiger partial charge in [0.15, 0.2) is 11.8 Å². The van der Waals surface area contributed by atoms with E-state index in [0.717, 1.165) is 74.7 Å². The predicted molar refractivity (Wildman–Crippen MR) is 119 cm³/mol. The van der Waals surface area contributed by atoms with E-state index in [1.54, 1.807) is 7.11 Å². The molecule has 2 aliphatic rings. The Labute approximate surface area is 178 Å². The molecule has 0 aliphatic carbocycles. The third kappa shape index (κ3) is 4.52. The first-order valence-electron chi connectivity index (χ1n) is 11.1. The Morgan fingerprint density at radius 1 is 1.07 bits per heavy atom. The molecular weight excluding hydrogens is 378 g/mol. The largest absolute Gasteiger partial charge is 0.495 e. The quantitative estimate of drug-likeness (QED) is 0.601. The molecule has 0 amide bonds. The predicted octanol–water partition coefficient (Wildman–Crippen LogP) is 2.30. The first kappa shape index (κ1) is 20.5. The summed E-state index contributed by atoms with van der Waals surface area (Å²) in [5.41, 5.74) is 1.16. The molecule has 30 heavy (non-hydrogen) atoms. The van der Waals surface area contributed by atoms with Gasteiger partial charge in [-0.15, -0.1) is 10.2 Å². The number of ether oxygens (including phenoxy) is 1. The van der Waals surface area contributed by atoms with E-state index in [1.165, 1.54) is 19.3 Å². The number of nitrogens with one attached hydrogen (secondary N) is 1. The number of para-hydroxylation sites is 2. The Bertz CT molecular complexity index is 855. The van der Waals surface area contributed by atoms with Crippen molar-refractivity contribution >= 4 is 11.6 Å². The number of piperazine rings is 1. The van der Waals surface area contributed by atoms with Crippen molar-refractivity contribution in [2.24, 2.45) is 4.99 Å². The molecule has 162 valence electrons. The maximum Gasteiger partial charge on any atom is 0.194 e. The summed E-state index contributed by atoms with van der Waals surface area (Å²) in [6, 6.07) is 8.23. The van der Waals surface area contributed by atoms with E-state index in [1.807, 2.05) is 12.1 Å². The van der Waals surface area contributed by atoms with Gasteiger partial charge in [0.2, 0.25) is 0 Å². The number of aromatic nitrogens is 3. The molecule has 8 heteroatoms. The van der Waals surface area contributed by atoms with Crippen LogP contribution >= 0.6 is 0 Å². The van der Waals surface area contributed by atoms with Gasteiger partial charge in [-0.2, -0.15) is 0 Å². The van der Waals surface area contributed by atoms with Crippen molar-refractivity contribution < 1.29 is 4.74 Å². The summed E-state index contributed by atoms with van der Waals surface area (Å²) in [4.78, 5) is 9.64. The van der Waals surface area contributed by atoms with Gasteiger partial charge in [0.1, 0.15) is 18.1 Å². The fourth-order valence-corrected chi connectivity index (χ4v) is 4.28. The van der Waals surface area contributed by atoms with Crippen LogP contribution < -0.4 is 15.0 Å². The summed E-state index contributed by atoms with van der Waals surface area (Å²) < 4.78 is 7.82. The Balaban J connectivity index is 1.42. The number of rotatable bonds is 5. The van der Waals surface area contributed by atoms with Gasteiger partial charge in [0.25, 0.3) is 0 Å². The van der Waals surface area contributed by atoms with E-state index in [-0.39, 0.29) is 0 Å². The first-order valence-corrected chi connectivity index (χ1v) is 11.1. The molecule has 0 spiro atoms. The number of anilines is 1. The Kier molecular flexibility index (Phi) is 6.71. The number of guanidine groups is 1. The van der Waals surface area contributed by atoms with E-state index in [9.17, 15) is 0 Å². The molecule has 1 saturated heterocycles. The zero-order valence-corrected chi connectivity index (χ0v) is 18.2. The van der Waals surface area contributed by atoms with Crippen molar-refractivity contribution in [2.45, 2.75) is 45.7 Å². The molecule has 2 aromatic rings. The van der Waals surface area contributed by atoms with Crippen LogP contribution in [0.25, 0.3) is 0 Å². The average molecular weight is 412 g/mol. The van der Waals surface area contributed by atoms with E-state index in [2.05, 4.69) is 48.9 Å². The van der Waals surface area contributed by atoms with Crippen LogP contribution in [0.5, 0.6) is 5.75 Å². The number of aliphatic imine (C=N–C) groups is 1. The molecular formula is C22H33N7O. The fourth-order valence-electron chi connectivity index (χ4n) is 4.28. The van der Waals surface area contributed by atoms with E-state index in [4.69, 9.17) is 9.73 Å². The number of nitrogens with zero attached hydrogens (tertiary/aromatic N) is 6. The molecule has 8 nitrogen and oxygen atoms in total. The summed E-state index contributed by atoms with van der Waals surface area (Å²) >= 11 is 0. The second-order valence-electron chi connectivity index (χ2n) is 7.81. The van der Waals surface area contributed by atoms with Gasteiger partial charge in [-0.25, -0.2) is 4.99 Å². The molecule has 1 fully saturated rings. The summed E-state index contributed by atoms with van der Waals surface area (Å²) in [5.74, 6) is 3.99. The standard InChI is InChI=1S/C22H33N7O/c1-3-23-22(24-17-21-26-25-20-11-5-4-8-12-29(20)21)28-15-13-27(14-16-28)18-9-6-7-10-19(18)30-2/h6-7,9-10H,3-5,8,11-17H2,1-2H3,(H,23,24). The minimum Gasteiger partial charge on any atom is -0.495 e. The van der Waals surface area contributed by atoms with Gasteiger partial charge < -0.3 is 24.4 Å². The zero-order chi connectivity index (χ0) is 20.8. The smallest absolute Gasteiger partial charge is 0.194 e. The molecule has 3 heterocycles. The first-order chi connectivity index (χ1) is 14.8. The summed E-state index contributed by atoms with van der Waals surface area (Å²) in [5, 5.41) is 12.3. The molecule has 2 aliphatic heterocycles. The number of benzene rings is 1. The van der Waals surface area contributed by atoms with Gasteiger partial charge in [0, 0.05) is 45.7 Å². The van der Waals surface area contributed by atoms with E-state index < -0.39 is 0 Å². The molecule has 0 radical (unpaired) electrons. The maximum absolute atomic E-state index is 5.54. The van der Waals surface area contributed by atoms with Crippen molar-refractivity contribution in [1.29, 1.82) is 0 Å². The van der Waals surface area contributed by atoms with Crippen molar-refractivity contribution in [2.75, 3.05) is 44.7 Å². The number of aryl methyl sites for hydroxylation is 1. The second kappa shape index (κ2) is 9.82. The lowest BCUT2D eigenvalue weighted by Crippen LogP contribution is -2.52. The lowest BCUT2D eigenvalue weighted by atomic mass is 10.2. The lowest BCUT2D eigenvalue weighted by Gasteiger charge is -2.38. The second-order valence-corrected chi connectivity index (χ2v) is 7.81. The highest BCUT2D eigenvalue weighted by Gasteiger charge is 2.22. The SMILES string of the molecule is CCNC(=NCc1nnc2n1CCCCC2)N1CCN(c2ccccc2OC)CC1. The van der Waals surface area contributed by atoms with Crippen LogP contribution in [0.15, 0.2) is 29.3 Å². The molecule has 1 aromatic carbocycles. The van der Waals surface area contributed by atoms with Crippen LogP contribution in [0.2, 0.25) is 0 Å². The van der Waals surface area contributed by atoms with E-state index >= 15 is 0 Å². The third-order valence-electron chi connectivity index (χ3n) is 5.90. The van der Waals surface area contributed by atoms with Crippen molar-refractivity contribution in [3.63, 3.8) is 0 Å². The number of methoxy groups -OCH3 is 1. The molecule has 0 saturated carbocycles. The molecule has 0 unspecified atom stereocenters. The molecule has 4 rings (SSSR count). The minimum absolute atomic E-state index is 0.571. The van der Waals surface area contributed by atoms with Crippen LogP contribution in [0.4, 0.5) is 5.69 Å². The topological polar surface area (TPSA) is 70.8 Å². The van der Waals surface area contributed by atoms with Gasteiger partial charge in [-0.05, 0) is 31.9 Å². The maximum atomic E-state index is 5.54. The molecule has 1 N–H and O–H groups in total. The fraction of sp³-hybridized carbons (Fsp3) is 0.591. The highest BCUT2D eigenvalue weighted by Crippen LogP contribution is 2.28. The normalized spacial score (nSPS) is 17.5. The number of hydrogen-bond acceptors (Lipinski definition) is 5. The highest BCUT2D eigenvalue weighted by molar-refractivity contribution is 5.80. The van der Waals surface area contributed by atoms with Crippen LogP contribution in [0, 0.1) is 0 Å². The summed E-state index contributed by atoms with van der Waals surface area (Å²) in [6.45, 7) is 8.26. The summed E-state index contributed by atoms with van der Waals surface area (Å²) in [7, 11) is 1.73. The van der Waals surface area contributed by atoms with Crippen LogP contribution in [-0.4, -0.2) is 65.5 Å². The van der Waals surface area contributed by atoms with Gasteiger partial charge in [-0.1, -0.05) is 18.6 Å². The van der Waals surface area contributed by atoms with Crippen LogP contribution in [0.1, 0.15) is 37.8 Å². The van der Waals surface area contributed by atoms with Crippen molar-refractivity contribution in [3.05, 3.63) is 35.9 Å². The Hall–Kier alpha value is -2.77. The Morgan fingerprint density at radius 3 is 2.70 bits per heavy atom. The Morgan fingerprint density at radius 2 is 1.90 bits per heavy atom. The third-order valence-corrected chi connectivity index (χ3v) is 5.90. The van der Waals surface area contributed by atoms with Gasteiger partial charge >= 0.3 is 0 Å². The monoisotopic (exact) mass is 411 g/mol. The van der Waals surface area contributed by atoms with Crippen LogP contribution in [0.3, 0.4) is 0 Å². The molecule has 0 bridgehead atoms. The van der Waals surface area contributed by atoms with Gasteiger partial charge in [0.05, 0.1) is 12.8 Å². The zero-order valence-electron chi connectivity index (χ0n) is 18.2. The minimum atomic E-state index is 0.571. The molecule has 0 atom stereocenters. The lowest BCUT2D eigenvalue weighted by molar-refractivity contribution is 0.367. The number of fused-ring (bicyclic) bond motifs is 1. The van der Waals surface area contributed by atoms with Crippen molar-refractivity contribution in [1.82, 2.24) is 25.0 Å². The number of hydrogen-bond donors (Lipinski definition) is 1. The molecule has 1 aromatic heterocycles.